The molecule has 0 radical (unpaired) electrons. The van der Waals surface area contributed by atoms with Crippen LogP contribution in [0.5, 0.6) is 5.75 Å². The molecule has 2 amide bonds. The molecule has 1 aliphatic rings. The van der Waals surface area contributed by atoms with Gasteiger partial charge in [0.25, 0.3) is 11.6 Å². The molecule has 1 N–H and O–H groups in total. The number of hydrogen-bond acceptors (Lipinski definition) is 6. The number of rotatable bonds is 7. The van der Waals surface area contributed by atoms with Crippen molar-refractivity contribution in [2.45, 2.75) is 11.8 Å². The number of non-ortho nitro benzene ring substituents is 1. The Kier molecular flexibility index (Phi) is 6.93. The van der Waals surface area contributed by atoms with Crippen molar-refractivity contribution in [3.05, 3.63) is 111 Å². The molecule has 1 heterocycles. The molecule has 1 aliphatic heterocycles. The van der Waals surface area contributed by atoms with E-state index in [2.05, 4.69) is 5.43 Å². The Hall–Kier alpha value is -4.11. The molecule has 3 aromatic rings. The first kappa shape index (κ1) is 23.1. The Bertz CT molecular complexity index is 1230. The van der Waals surface area contributed by atoms with Gasteiger partial charge in [-0.25, -0.2) is 5.01 Å². The number of nitro groups is 1. The highest BCUT2D eigenvalue weighted by atomic mass is 32.2. The molecule has 1 atom stereocenters. The third-order valence-electron chi connectivity index (χ3n) is 5.16. The van der Waals surface area contributed by atoms with Crippen LogP contribution >= 0.6 is 11.8 Å². The fourth-order valence-corrected chi connectivity index (χ4v) is 4.63. The predicted octanol–water partition coefficient (Wildman–Crippen LogP) is 4.49. The highest BCUT2D eigenvalue weighted by Gasteiger charge is 2.38. The van der Waals surface area contributed by atoms with E-state index in [4.69, 9.17) is 4.74 Å². The second-order valence-electron chi connectivity index (χ2n) is 7.47. The van der Waals surface area contributed by atoms with Gasteiger partial charge >= 0.3 is 0 Å². The average Bonchev–Trinajstić information content (AvgIpc) is 3.15. The zero-order valence-corrected chi connectivity index (χ0v) is 19.0. The van der Waals surface area contributed by atoms with Crippen LogP contribution in [0.15, 0.2) is 83.8 Å². The van der Waals surface area contributed by atoms with Crippen LogP contribution in [0.4, 0.5) is 5.69 Å². The number of ether oxygens (including phenoxy) is 1. The fourth-order valence-electron chi connectivity index (χ4n) is 3.44. The van der Waals surface area contributed by atoms with Gasteiger partial charge in [-0.15, -0.1) is 0 Å². The molecule has 3 aromatic carbocycles. The number of nitro benzene ring substituents is 1. The molecule has 1 fully saturated rings. The quantitative estimate of drug-likeness (QED) is 0.307. The van der Waals surface area contributed by atoms with Crippen LogP contribution in [0.25, 0.3) is 6.08 Å². The number of hydrazine groups is 1. The van der Waals surface area contributed by atoms with Gasteiger partial charge < -0.3 is 4.74 Å². The third-order valence-corrected chi connectivity index (χ3v) is 6.41. The van der Waals surface area contributed by atoms with Crippen molar-refractivity contribution in [3.8, 4) is 5.75 Å². The van der Waals surface area contributed by atoms with Crippen LogP contribution in [-0.2, 0) is 16.0 Å². The predicted molar refractivity (Wildman–Crippen MR) is 130 cm³/mol. The third kappa shape index (κ3) is 5.26. The van der Waals surface area contributed by atoms with Crippen molar-refractivity contribution >= 4 is 35.3 Å². The van der Waals surface area contributed by atoms with Gasteiger partial charge in [-0.3, -0.25) is 25.1 Å². The number of carbonyl (C=O) groups is 2. The first-order chi connectivity index (χ1) is 16.4. The normalized spacial score (nSPS) is 16.5. The van der Waals surface area contributed by atoms with E-state index in [0.29, 0.717) is 16.2 Å². The Balaban J connectivity index is 1.60. The first-order valence-electron chi connectivity index (χ1n) is 10.4. The van der Waals surface area contributed by atoms with E-state index >= 15 is 0 Å². The van der Waals surface area contributed by atoms with Crippen molar-refractivity contribution in [2.24, 2.45) is 0 Å². The minimum absolute atomic E-state index is 0.0292. The van der Waals surface area contributed by atoms with E-state index in [1.54, 1.807) is 37.5 Å². The molecule has 0 saturated carbocycles. The topological polar surface area (TPSA) is 102 Å². The Labute approximate surface area is 200 Å². The maximum atomic E-state index is 13.3. The van der Waals surface area contributed by atoms with Gasteiger partial charge in [0.1, 0.15) is 11.1 Å². The summed E-state index contributed by atoms with van der Waals surface area (Å²) in [4.78, 5) is 36.9. The maximum absolute atomic E-state index is 13.3. The maximum Gasteiger partial charge on any atom is 0.280 e. The minimum Gasteiger partial charge on any atom is -0.497 e. The van der Waals surface area contributed by atoms with E-state index < -0.39 is 10.3 Å². The van der Waals surface area contributed by atoms with Gasteiger partial charge in [0.15, 0.2) is 0 Å². The number of benzene rings is 3. The molecular formula is C25H21N3O5S. The lowest BCUT2D eigenvalue weighted by atomic mass is 10.1. The standard InChI is InChI=1S/C25H21N3O5S/c1-33-21-13-9-19(10-14-21)25-27(26-23(29)16-17-5-3-2-4-6-17)24(30)22(34-25)15-18-7-11-20(12-8-18)28(31)32/h2-15,25H,16H2,1H3,(H,26,29)/b22-15+/t25-/m0/s1. The van der Waals surface area contributed by atoms with E-state index in [-0.39, 0.29) is 23.9 Å². The summed E-state index contributed by atoms with van der Waals surface area (Å²) >= 11 is 1.30. The fraction of sp³-hybridized carbons (Fsp3) is 0.120. The molecule has 172 valence electrons. The SMILES string of the molecule is COc1ccc([C@@H]2S/C(=C/c3ccc([N+](=O)[O-])cc3)C(=O)N2NC(=O)Cc2ccccc2)cc1. The number of methoxy groups -OCH3 is 1. The number of thioether (sulfide) groups is 1. The molecule has 8 nitrogen and oxygen atoms in total. The van der Waals surface area contributed by atoms with E-state index in [1.807, 2.05) is 42.5 Å². The summed E-state index contributed by atoms with van der Waals surface area (Å²) in [5.74, 6) is 0.0141. The minimum atomic E-state index is -0.484. The second kappa shape index (κ2) is 10.2. The molecule has 34 heavy (non-hydrogen) atoms. The van der Waals surface area contributed by atoms with Crippen molar-refractivity contribution < 1.29 is 19.2 Å². The molecule has 0 aliphatic carbocycles. The number of hydrogen-bond donors (Lipinski definition) is 1. The Morgan fingerprint density at radius 2 is 1.76 bits per heavy atom. The monoisotopic (exact) mass is 475 g/mol. The summed E-state index contributed by atoms with van der Waals surface area (Å²) in [5.41, 5.74) is 5.02. The second-order valence-corrected chi connectivity index (χ2v) is 8.60. The van der Waals surface area contributed by atoms with Crippen molar-refractivity contribution in [1.82, 2.24) is 10.4 Å². The Morgan fingerprint density at radius 1 is 1.09 bits per heavy atom. The van der Waals surface area contributed by atoms with E-state index in [0.717, 1.165) is 11.1 Å². The lowest BCUT2D eigenvalue weighted by Crippen LogP contribution is -2.44. The molecule has 0 spiro atoms. The molecule has 0 bridgehead atoms. The molecule has 4 rings (SSSR count). The highest BCUT2D eigenvalue weighted by Crippen LogP contribution is 2.45. The van der Waals surface area contributed by atoms with Gasteiger partial charge in [-0.1, -0.05) is 54.2 Å². The summed E-state index contributed by atoms with van der Waals surface area (Å²) in [6.07, 6.45) is 1.79. The van der Waals surface area contributed by atoms with Crippen LogP contribution in [0.3, 0.4) is 0 Å². The number of nitrogens with zero attached hydrogens (tertiary/aromatic N) is 2. The molecule has 0 unspecified atom stereocenters. The highest BCUT2D eigenvalue weighted by molar-refractivity contribution is 8.04. The smallest absolute Gasteiger partial charge is 0.280 e. The molecular weight excluding hydrogens is 454 g/mol. The first-order valence-corrected chi connectivity index (χ1v) is 11.3. The number of carbonyl (C=O) groups excluding carboxylic acids is 2. The zero-order chi connectivity index (χ0) is 24.1. The van der Waals surface area contributed by atoms with Crippen molar-refractivity contribution in [1.29, 1.82) is 0 Å². The Morgan fingerprint density at radius 3 is 2.38 bits per heavy atom. The number of amides is 2. The number of nitrogens with one attached hydrogen (secondary N) is 1. The van der Waals surface area contributed by atoms with Gasteiger partial charge in [-0.2, -0.15) is 0 Å². The van der Waals surface area contributed by atoms with Crippen LogP contribution < -0.4 is 10.2 Å². The van der Waals surface area contributed by atoms with Gasteiger partial charge in [-0.05, 0) is 47.0 Å². The van der Waals surface area contributed by atoms with Gasteiger partial charge in [0, 0.05) is 12.1 Å². The van der Waals surface area contributed by atoms with Crippen LogP contribution in [0.2, 0.25) is 0 Å². The van der Waals surface area contributed by atoms with Crippen LogP contribution in [0, 0.1) is 10.1 Å². The lowest BCUT2D eigenvalue weighted by molar-refractivity contribution is -0.384. The van der Waals surface area contributed by atoms with Crippen molar-refractivity contribution in [3.63, 3.8) is 0 Å². The van der Waals surface area contributed by atoms with Crippen LogP contribution in [-0.4, -0.2) is 28.9 Å². The largest absolute Gasteiger partial charge is 0.497 e. The van der Waals surface area contributed by atoms with Crippen molar-refractivity contribution in [2.75, 3.05) is 7.11 Å². The van der Waals surface area contributed by atoms with E-state index in [9.17, 15) is 19.7 Å². The average molecular weight is 476 g/mol. The van der Waals surface area contributed by atoms with Gasteiger partial charge in [0.05, 0.1) is 23.4 Å². The summed E-state index contributed by atoms with van der Waals surface area (Å²) in [6, 6.07) is 22.5. The summed E-state index contributed by atoms with van der Waals surface area (Å²) in [5, 5.41) is 11.8. The molecule has 0 aromatic heterocycles. The summed E-state index contributed by atoms with van der Waals surface area (Å²) in [6.45, 7) is 0. The summed E-state index contributed by atoms with van der Waals surface area (Å²) in [7, 11) is 1.57. The summed E-state index contributed by atoms with van der Waals surface area (Å²) < 4.78 is 5.22. The lowest BCUT2D eigenvalue weighted by Gasteiger charge is -2.24. The zero-order valence-electron chi connectivity index (χ0n) is 18.2. The molecule has 1 saturated heterocycles. The van der Waals surface area contributed by atoms with E-state index in [1.165, 1.54) is 28.9 Å². The molecule has 9 heteroatoms. The van der Waals surface area contributed by atoms with Crippen LogP contribution in [0.1, 0.15) is 22.1 Å². The van der Waals surface area contributed by atoms with Gasteiger partial charge in [0.2, 0.25) is 5.91 Å².